The predicted octanol–water partition coefficient (Wildman–Crippen LogP) is 1.30. The lowest BCUT2D eigenvalue weighted by Gasteiger charge is -2.11. The molecule has 5 nitrogen and oxygen atoms in total. The van der Waals surface area contributed by atoms with Crippen molar-refractivity contribution in [1.29, 1.82) is 0 Å². The van der Waals surface area contributed by atoms with Gasteiger partial charge in [0.05, 0.1) is 0 Å². The maximum Gasteiger partial charge on any atom is 0.209 e. The first kappa shape index (κ1) is 11.1. The summed E-state index contributed by atoms with van der Waals surface area (Å²) in [5, 5.41) is 7.79. The molecule has 0 bridgehead atoms. The zero-order valence-corrected chi connectivity index (χ0v) is 9.74. The Hall–Kier alpha value is -1.40. The largest absolute Gasteiger partial charge is 0.329 e. The van der Waals surface area contributed by atoms with Gasteiger partial charge in [0.15, 0.2) is 0 Å². The first-order valence-electron chi connectivity index (χ1n) is 4.95. The first-order valence-corrected chi connectivity index (χ1v) is 5.83. The van der Waals surface area contributed by atoms with E-state index < -0.39 is 0 Å². The summed E-state index contributed by atoms with van der Waals surface area (Å²) in [7, 11) is 0. The summed E-state index contributed by atoms with van der Waals surface area (Å²) in [6.07, 6.45) is 3.53. The Morgan fingerprint density at radius 1 is 1.44 bits per heavy atom. The van der Waals surface area contributed by atoms with Gasteiger partial charge in [-0.25, -0.2) is 4.98 Å². The third-order valence-electron chi connectivity index (χ3n) is 2.12. The maximum atomic E-state index is 5.75. The van der Waals surface area contributed by atoms with Gasteiger partial charge in [-0.1, -0.05) is 11.8 Å². The number of aromatic amines is 1. The fraction of sp³-hybridized carbons (Fsp3) is 0.300. The Balaban J connectivity index is 2.12. The van der Waals surface area contributed by atoms with Crippen LogP contribution in [0.1, 0.15) is 16.6 Å². The standard InChI is InChI=1S/C10H13N5S/c1-7-13-10(15-14-7)16-9(6-11)8-2-4-12-5-3-8/h2-5,9H,6,11H2,1H3,(H,13,14,15). The van der Waals surface area contributed by atoms with Crippen molar-refractivity contribution >= 4 is 11.8 Å². The molecule has 0 saturated heterocycles. The monoisotopic (exact) mass is 235 g/mol. The van der Waals surface area contributed by atoms with E-state index in [1.165, 1.54) is 0 Å². The van der Waals surface area contributed by atoms with Crippen LogP contribution in [0, 0.1) is 6.92 Å². The van der Waals surface area contributed by atoms with Crippen molar-refractivity contribution in [3.8, 4) is 0 Å². The van der Waals surface area contributed by atoms with Gasteiger partial charge in [-0.2, -0.15) is 0 Å². The molecular weight excluding hydrogens is 222 g/mol. The lowest BCUT2D eigenvalue weighted by Crippen LogP contribution is -2.09. The normalized spacial score (nSPS) is 12.6. The van der Waals surface area contributed by atoms with Crippen LogP contribution in [0.2, 0.25) is 0 Å². The van der Waals surface area contributed by atoms with Crippen LogP contribution in [0.5, 0.6) is 0 Å². The molecule has 0 radical (unpaired) electrons. The van der Waals surface area contributed by atoms with Crippen LogP contribution in [0.15, 0.2) is 29.7 Å². The van der Waals surface area contributed by atoms with Crippen LogP contribution in [-0.2, 0) is 0 Å². The molecule has 0 aliphatic carbocycles. The number of hydrogen-bond donors (Lipinski definition) is 2. The highest BCUT2D eigenvalue weighted by Gasteiger charge is 2.13. The fourth-order valence-electron chi connectivity index (χ4n) is 1.33. The molecule has 2 rings (SSSR count). The van der Waals surface area contributed by atoms with E-state index in [9.17, 15) is 0 Å². The second-order valence-corrected chi connectivity index (χ2v) is 4.50. The van der Waals surface area contributed by atoms with Crippen molar-refractivity contribution in [2.45, 2.75) is 17.3 Å². The highest BCUT2D eigenvalue weighted by atomic mass is 32.2. The number of hydrogen-bond acceptors (Lipinski definition) is 5. The predicted molar refractivity (Wildman–Crippen MR) is 63.0 cm³/mol. The number of pyridine rings is 1. The van der Waals surface area contributed by atoms with E-state index in [1.807, 2.05) is 19.1 Å². The number of nitrogens with one attached hydrogen (secondary N) is 1. The lowest BCUT2D eigenvalue weighted by molar-refractivity contribution is 0.911. The van der Waals surface area contributed by atoms with Crippen LogP contribution in [0.3, 0.4) is 0 Å². The average molecular weight is 235 g/mol. The summed E-state index contributed by atoms with van der Waals surface area (Å²) in [6, 6.07) is 3.92. The number of H-pyrrole nitrogens is 1. The topological polar surface area (TPSA) is 80.5 Å². The molecule has 2 aromatic rings. The molecule has 0 fully saturated rings. The van der Waals surface area contributed by atoms with Gasteiger partial charge in [0.2, 0.25) is 5.16 Å². The summed E-state index contributed by atoms with van der Waals surface area (Å²) in [6.45, 7) is 2.42. The Bertz CT molecular complexity index is 441. The molecule has 2 heterocycles. The third-order valence-corrected chi connectivity index (χ3v) is 3.26. The molecule has 6 heteroatoms. The van der Waals surface area contributed by atoms with Crippen LogP contribution in [0.25, 0.3) is 0 Å². The van der Waals surface area contributed by atoms with Gasteiger partial charge in [0.25, 0.3) is 0 Å². The molecule has 2 aromatic heterocycles. The van der Waals surface area contributed by atoms with E-state index in [-0.39, 0.29) is 5.25 Å². The van der Waals surface area contributed by atoms with Gasteiger partial charge in [-0.3, -0.25) is 10.1 Å². The van der Waals surface area contributed by atoms with Gasteiger partial charge in [-0.05, 0) is 24.6 Å². The number of nitrogens with two attached hydrogens (primary N) is 1. The molecule has 3 N–H and O–H groups in total. The zero-order chi connectivity index (χ0) is 11.4. The molecule has 0 amide bonds. The van der Waals surface area contributed by atoms with Gasteiger partial charge < -0.3 is 5.73 Å². The number of aryl methyl sites for hydroxylation is 1. The summed E-state index contributed by atoms with van der Waals surface area (Å²) < 4.78 is 0. The third kappa shape index (κ3) is 2.59. The number of nitrogens with zero attached hydrogens (tertiary/aromatic N) is 3. The quantitative estimate of drug-likeness (QED) is 0.781. The molecular formula is C10H13N5S. The van der Waals surface area contributed by atoms with Crippen molar-refractivity contribution in [3.05, 3.63) is 35.9 Å². The maximum absolute atomic E-state index is 5.75. The summed E-state index contributed by atoms with van der Waals surface area (Å²) in [4.78, 5) is 8.23. The number of thioether (sulfide) groups is 1. The summed E-state index contributed by atoms with van der Waals surface area (Å²) in [5.41, 5.74) is 6.90. The van der Waals surface area contributed by atoms with E-state index in [4.69, 9.17) is 5.73 Å². The zero-order valence-electron chi connectivity index (χ0n) is 8.92. The Morgan fingerprint density at radius 2 is 2.19 bits per heavy atom. The SMILES string of the molecule is Cc1nc(SC(CN)c2ccncc2)n[nH]1. The van der Waals surface area contributed by atoms with Gasteiger partial charge in [0.1, 0.15) is 5.82 Å². The first-order chi connectivity index (χ1) is 7.79. The Labute approximate surface area is 97.9 Å². The molecule has 0 spiro atoms. The smallest absolute Gasteiger partial charge is 0.209 e. The number of aromatic nitrogens is 4. The highest BCUT2D eigenvalue weighted by Crippen LogP contribution is 2.31. The van der Waals surface area contributed by atoms with Crippen LogP contribution >= 0.6 is 11.8 Å². The fourth-order valence-corrected chi connectivity index (χ4v) is 2.26. The van der Waals surface area contributed by atoms with E-state index in [0.717, 1.165) is 16.5 Å². The van der Waals surface area contributed by atoms with E-state index >= 15 is 0 Å². The van der Waals surface area contributed by atoms with E-state index in [0.29, 0.717) is 6.54 Å². The minimum absolute atomic E-state index is 0.165. The van der Waals surface area contributed by atoms with E-state index in [1.54, 1.807) is 24.2 Å². The number of rotatable bonds is 4. The minimum atomic E-state index is 0.165. The Kier molecular flexibility index (Phi) is 3.53. The molecule has 0 aliphatic rings. The van der Waals surface area contributed by atoms with Crippen LogP contribution in [-0.4, -0.2) is 26.7 Å². The van der Waals surface area contributed by atoms with Crippen molar-refractivity contribution < 1.29 is 0 Å². The van der Waals surface area contributed by atoms with E-state index in [2.05, 4.69) is 20.2 Å². The van der Waals surface area contributed by atoms with Gasteiger partial charge >= 0.3 is 0 Å². The molecule has 0 saturated carbocycles. The molecule has 1 atom stereocenters. The Morgan fingerprint density at radius 3 is 2.75 bits per heavy atom. The van der Waals surface area contributed by atoms with Gasteiger partial charge in [-0.15, -0.1) is 5.10 Å². The van der Waals surface area contributed by atoms with Crippen molar-refractivity contribution in [2.24, 2.45) is 5.73 Å². The minimum Gasteiger partial charge on any atom is -0.329 e. The second kappa shape index (κ2) is 5.09. The highest BCUT2D eigenvalue weighted by molar-refractivity contribution is 7.99. The second-order valence-electron chi connectivity index (χ2n) is 3.33. The molecule has 0 aliphatic heterocycles. The summed E-state index contributed by atoms with van der Waals surface area (Å²) in [5.74, 6) is 0.813. The van der Waals surface area contributed by atoms with Crippen molar-refractivity contribution in [1.82, 2.24) is 20.2 Å². The van der Waals surface area contributed by atoms with Crippen LogP contribution < -0.4 is 5.73 Å². The summed E-state index contributed by atoms with van der Waals surface area (Å²) >= 11 is 1.56. The van der Waals surface area contributed by atoms with Crippen molar-refractivity contribution in [3.63, 3.8) is 0 Å². The molecule has 1 unspecified atom stereocenters. The van der Waals surface area contributed by atoms with Crippen LogP contribution in [0.4, 0.5) is 0 Å². The van der Waals surface area contributed by atoms with Gasteiger partial charge in [0, 0.05) is 24.2 Å². The molecule has 0 aromatic carbocycles. The average Bonchev–Trinajstić information content (AvgIpc) is 2.73. The molecule has 84 valence electrons. The molecule has 16 heavy (non-hydrogen) atoms. The lowest BCUT2D eigenvalue weighted by atomic mass is 10.2. The van der Waals surface area contributed by atoms with Crippen molar-refractivity contribution in [2.75, 3.05) is 6.54 Å².